The number of nitrogens with two attached hydrogens (primary N) is 1. The Hall–Kier alpha value is -0.940. The van der Waals surface area contributed by atoms with Crippen LogP contribution >= 0.6 is 0 Å². The zero-order valence-electron chi connectivity index (χ0n) is 9.48. The van der Waals surface area contributed by atoms with Gasteiger partial charge in [-0.1, -0.05) is 0 Å². The molecule has 1 aliphatic rings. The van der Waals surface area contributed by atoms with Crippen LogP contribution in [0.1, 0.15) is 24.5 Å². The van der Waals surface area contributed by atoms with Crippen LogP contribution in [0.4, 0.5) is 0 Å². The highest BCUT2D eigenvalue weighted by Crippen LogP contribution is 2.18. The average molecular weight is 209 g/mol. The number of hydrogen-bond acceptors (Lipinski definition) is 4. The van der Waals surface area contributed by atoms with Crippen LogP contribution in [0.15, 0.2) is 0 Å². The molecule has 0 spiro atoms. The van der Waals surface area contributed by atoms with Crippen molar-refractivity contribution in [1.82, 2.24) is 19.7 Å². The fourth-order valence-electron chi connectivity index (χ4n) is 2.14. The van der Waals surface area contributed by atoms with Crippen LogP contribution in [0, 0.1) is 6.92 Å². The van der Waals surface area contributed by atoms with Gasteiger partial charge >= 0.3 is 0 Å². The molecular formula is C10H19N5. The smallest absolute Gasteiger partial charge is 0.146 e. The van der Waals surface area contributed by atoms with Crippen molar-refractivity contribution in [2.45, 2.75) is 32.4 Å². The van der Waals surface area contributed by atoms with Crippen molar-refractivity contribution in [3.63, 3.8) is 0 Å². The van der Waals surface area contributed by atoms with Crippen LogP contribution in [-0.2, 0) is 13.6 Å². The van der Waals surface area contributed by atoms with Gasteiger partial charge in [0.05, 0.1) is 6.54 Å². The van der Waals surface area contributed by atoms with E-state index in [9.17, 15) is 0 Å². The number of aryl methyl sites for hydroxylation is 1. The fourth-order valence-corrected chi connectivity index (χ4v) is 2.14. The Kier molecular flexibility index (Phi) is 3.02. The van der Waals surface area contributed by atoms with Crippen LogP contribution in [0.25, 0.3) is 0 Å². The number of nitrogens with zero attached hydrogens (tertiary/aromatic N) is 4. The molecule has 0 aromatic carbocycles. The largest absolute Gasteiger partial charge is 0.329 e. The first-order valence-corrected chi connectivity index (χ1v) is 5.51. The molecular weight excluding hydrogens is 190 g/mol. The Bertz CT molecular complexity index is 333. The summed E-state index contributed by atoms with van der Waals surface area (Å²) in [5.74, 6) is 2.00. The lowest BCUT2D eigenvalue weighted by atomic mass is 10.2. The summed E-state index contributed by atoms with van der Waals surface area (Å²) in [6.07, 6.45) is 2.46. The van der Waals surface area contributed by atoms with E-state index in [1.54, 1.807) is 0 Å². The third-order valence-corrected chi connectivity index (χ3v) is 3.30. The van der Waals surface area contributed by atoms with Crippen molar-refractivity contribution < 1.29 is 0 Å². The first-order chi connectivity index (χ1) is 7.22. The molecule has 5 heteroatoms. The minimum Gasteiger partial charge on any atom is -0.329 e. The van der Waals surface area contributed by atoms with Crippen LogP contribution in [0.2, 0.25) is 0 Å². The maximum absolute atomic E-state index is 5.74. The van der Waals surface area contributed by atoms with Gasteiger partial charge in [0.15, 0.2) is 0 Å². The van der Waals surface area contributed by atoms with E-state index in [0.717, 1.165) is 31.3 Å². The third kappa shape index (κ3) is 2.03. The second-order valence-electron chi connectivity index (χ2n) is 4.22. The Labute approximate surface area is 90.3 Å². The monoisotopic (exact) mass is 209 g/mol. The van der Waals surface area contributed by atoms with Gasteiger partial charge in [-0.25, -0.2) is 0 Å². The maximum atomic E-state index is 5.74. The molecule has 0 bridgehead atoms. The molecule has 2 rings (SSSR count). The van der Waals surface area contributed by atoms with Gasteiger partial charge in [-0.05, 0) is 26.3 Å². The third-order valence-electron chi connectivity index (χ3n) is 3.30. The standard InChI is InChI=1S/C10H19N5/c1-8-12-13-10(14(8)2)7-15-5-3-4-9(15)6-11/h9H,3-7,11H2,1-2H3. The van der Waals surface area contributed by atoms with Gasteiger partial charge in [-0.3, -0.25) is 4.90 Å². The van der Waals surface area contributed by atoms with Crippen molar-refractivity contribution in [3.8, 4) is 0 Å². The molecule has 1 aromatic rings. The van der Waals surface area contributed by atoms with Gasteiger partial charge in [0.25, 0.3) is 0 Å². The van der Waals surface area contributed by atoms with E-state index in [0.29, 0.717) is 6.04 Å². The highest BCUT2D eigenvalue weighted by molar-refractivity contribution is 4.94. The highest BCUT2D eigenvalue weighted by Gasteiger charge is 2.24. The summed E-state index contributed by atoms with van der Waals surface area (Å²) in [6.45, 7) is 4.73. The predicted octanol–water partition coefficient (Wildman–Crippen LogP) is 0.0466. The Balaban J connectivity index is 2.05. The van der Waals surface area contributed by atoms with E-state index in [4.69, 9.17) is 5.73 Å². The van der Waals surface area contributed by atoms with Crippen molar-refractivity contribution in [1.29, 1.82) is 0 Å². The van der Waals surface area contributed by atoms with Gasteiger partial charge in [0.1, 0.15) is 11.6 Å². The molecule has 1 saturated heterocycles. The van der Waals surface area contributed by atoms with Crippen LogP contribution in [-0.4, -0.2) is 38.8 Å². The van der Waals surface area contributed by atoms with Gasteiger partial charge in [-0.2, -0.15) is 0 Å². The van der Waals surface area contributed by atoms with E-state index in [-0.39, 0.29) is 0 Å². The van der Waals surface area contributed by atoms with Crippen LogP contribution < -0.4 is 5.73 Å². The van der Waals surface area contributed by atoms with Crippen molar-refractivity contribution in [2.24, 2.45) is 12.8 Å². The normalized spacial score (nSPS) is 22.5. The maximum Gasteiger partial charge on any atom is 0.146 e. The topological polar surface area (TPSA) is 60.0 Å². The SMILES string of the molecule is Cc1nnc(CN2CCCC2CN)n1C. The molecule has 1 aromatic heterocycles. The molecule has 1 atom stereocenters. The highest BCUT2D eigenvalue weighted by atomic mass is 15.3. The molecule has 0 aliphatic carbocycles. The van der Waals surface area contributed by atoms with E-state index < -0.39 is 0 Å². The molecule has 1 aliphatic heterocycles. The molecule has 0 radical (unpaired) electrons. The zero-order chi connectivity index (χ0) is 10.8. The van der Waals surface area contributed by atoms with E-state index >= 15 is 0 Å². The van der Waals surface area contributed by atoms with Crippen molar-refractivity contribution >= 4 is 0 Å². The molecule has 2 heterocycles. The van der Waals surface area contributed by atoms with Gasteiger partial charge in [0, 0.05) is 19.6 Å². The molecule has 2 N–H and O–H groups in total. The van der Waals surface area contributed by atoms with Crippen LogP contribution in [0.3, 0.4) is 0 Å². The van der Waals surface area contributed by atoms with Crippen molar-refractivity contribution in [3.05, 3.63) is 11.6 Å². The summed E-state index contributed by atoms with van der Waals surface area (Å²) in [6, 6.07) is 0.530. The predicted molar refractivity (Wildman–Crippen MR) is 58.2 cm³/mol. The lowest BCUT2D eigenvalue weighted by molar-refractivity contribution is 0.241. The summed E-state index contributed by atoms with van der Waals surface area (Å²) in [4.78, 5) is 2.41. The number of aromatic nitrogens is 3. The van der Waals surface area contributed by atoms with Gasteiger partial charge in [-0.15, -0.1) is 10.2 Å². The summed E-state index contributed by atoms with van der Waals surface area (Å²) in [5.41, 5.74) is 5.74. The van der Waals surface area contributed by atoms with Gasteiger partial charge < -0.3 is 10.3 Å². The fraction of sp³-hybridized carbons (Fsp3) is 0.800. The summed E-state index contributed by atoms with van der Waals surface area (Å²) in [5, 5.41) is 8.24. The lowest BCUT2D eigenvalue weighted by Crippen LogP contribution is -2.35. The number of likely N-dealkylation sites (tertiary alicyclic amines) is 1. The summed E-state index contributed by atoms with van der Waals surface area (Å²) < 4.78 is 2.05. The molecule has 5 nitrogen and oxygen atoms in total. The Morgan fingerprint density at radius 1 is 1.47 bits per heavy atom. The number of hydrogen-bond donors (Lipinski definition) is 1. The molecule has 15 heavy (non-hydrogen) atoms. The number of rotatable bonds is 3. The molecule has 0 saturated carbocycles. The summed E-state index contributed by atoms with van der Waals surface area (Å²) in [7, 11) is 2.01. The zero-order valence-corrected chi connectivity index (χ0v) is 9.48. The summed E-state index contributed by atoms with van der Waals surface area (Å²) >= 11 is 0. The molecule has 84 valence electrons. The minimum atomic E-state index is 0.530. The van der Waals surface area contributed by atoms with E-state index in [1.165, 1.54) is 12.8 Å². The van der Waals surface area contributed by atoms with Gasteiger partial charge in [0.2, 0.25) is 0 Å². The van der Waals surface area contributed by atoms with E-state index in [1.807, 2.05) is 18.5 Å². The second-order valence-corrected chi connectivity index (χ2v) is 4.22. The lowest BCUT2D eigenvalue weighted by Gasteiger charge is -2.22. The molecule has 1 unspecified atom stereocenters. The minimum absolute atomic E-state index is 0.530. The Morgan fingerprint density at radius 3 is 2.87 bits per heavy atom. The first-order valence-electron chi connectivity index (χ1n) is 5.51. The Morgan fingerprint density at radius 2 is 2.27 bits per heavy atom. The second kappa shape index (κ2) is 4.28. The molecule has 1 fully saturated rings. The van der Waals surface area contributed by atoms with Crippen LogP contribution in [0.5, 0.6) is 0 Å². The molecule has 0 amide bonds. The quantitative estimate of drug-likeness (QED) is 0.764. The van der Waals surface area contributed by atoms with E-state index in [2.05, 4.69) is 15.1 Å². The first kappa shape index (κ1) is 10.6. The van der Waals surface area contributed by atoms with Crippen molar-refractivity contribution in [2.75, 3.05) is 13.1 Å². The average Bonchev–Trinajstić information content (AvgIpc) is 2.80.